The van der Waals surface area contributed by atoms with E-state index in [9.17, 15) is 4.79 Å². The van der Waals surface area contributed by atoms with Gasteiger partial charge in [-0.1, -0.05) is 23.4 Å². The molecule has 0 radical (unpaired) electrons. The summed E-state index contributed by atoms with van der Waals surface area (Å²) in [5, 5.41) is 12.7. The van der Waals surface area contributed by atoms with Crippen LogP contribution in [0.2, 0.25) is 5.02 Å². The van der Waals surface area contributed by atoms with Gasteiger partial charge in [-0.2, -0.15) is 0 Å². The molecule has 0 aliphatic carbocycles. The van der Waals surface area contributed by atoms with Crippen molar-refractivity contribution in [2.24, 2.45) is 0 Å². The van der Waals surface area contributed by atoms with Crippen molar-refractivity contribution in [1.82, 2.24) is 20.1 Å². The highest BCUT2D eigenvalue weighted by molar-refractivity contribution is 7.99. The van der Waals surface area contributed by atoms with Crippen LogP contribution in [0.5, 0.6) is 5.75 Å². The van der Waals surface area contributed by atoms with Crippen molar-refractivity contribution in [3.63, 3.8) is 0 Å². The van der Waals surface area contributed by atoms with Crippen molar-refractivity contribution in [2.75, 3.05) is 5.75 Å². The molecule has 0 aliphatic rings. The first-order valence-electron chi connectivity index (χ1n) is 8.02. The van der Waals surface area contributed by atoms with E-state index in [0.717, 1.165) is 5.82 Å². The topological polar surface area (TPSA) is 69.0 Å². The Labute approximate surface area is 157 Å². The Balaban J connectivity index is 1.95. The number of carbonyl (C=O) groups is 1. The van der Waals surface area contributed by atoms with Crippen LogP contribution in [0.15, 0.2) is 29.4 Å². The molecule has 0 unspecified atom stereocenters. The lowest BCUT2D eigenvalue weighted by Crippen LogP contribution is -2.41. The lowest BCUT2D eigenvalue weighted by atomic mass is 10.1. The number of ether oxygens (including phenoxy) is 1. The number of benzene rings is 1. The monoisotopic (exact) mass is 382 g/mol. The first-order chi connectivity index (χ1) is 11.8. The van der Waals surface area contributed by atoms with E-state index in [4.69, 9.17) is 16.3 Å². The lowest BCUT2D eigenvalue weighted by molar-refractivity contribution is -0.119. The number of halogens is 1. The zero-order chi connectivity index (χ0) is 18.4. The van der Waals surface area contributed by atoms with Gasteiger partial charge in [-0.3, -0.25) is 4.79 Å². The number of hydrogen-bond acceptors (Lipinski definition) is 5. The average Bonchev–Trinajstić information content (AvgIpc) is 2.92. The number of rotatable bonds is 7. The number of amides is 1. The highest BCUT2D eigenvalue weighted by Gasteiger charge is 2.17. The zero-order valence-electron chi connectivity index (χ0n) is 14.9. The highest BCUT2D eigenvalue weighted by Crippen LogP contribution is 2.20. The van der Waals surface area contributed by atoms with Crippen molar-refractivity contribution in [3.8, 4) is 5.75 Å². The third kappa shape index (κ3) is 6.25. The molecule has 1 amide bonds. The number of nitrogens with one attached hydrogen (secondary N) is 1. The third-order valence-electron chi connectivity index (χ3n) is 3.14. The summed E-state index contributed by atoms with van der Waals surface area (Å²) in [4.78, 5) is 12.0. The zero-order valence-corrected chi connectivity index (χ0v) is 16.4. The van der Waals surface area contributed by atoms with Crippen molar-refractivity contribution in [1.29, 1.82) is 0 Å². The Hall–Kier alpha value is -1.73. The third-order valence-corrected chi connectivity index (χ3v) is 4.36. The lowest BCUT2D eigenvalue weighted by Gasteiger charge is -2.20. The summed E-state index contributed by atoms with van der Waals surface area (Å²) in [6.07, 6.45) is 0. The number of nitrogens with zero attached hydrogens (tertiary/aromatic N) is 3. The minimum atomic E-state index is -0.242. The number of aromatic nitrogens is 3. The fraction of sp³-hybridized carbons (Fsp3) is 0.471. The molecule has 0 saturated carbocycles. The molecule has 6 nitrogen and oxygen atoms in total. The van der Waals surface area contributed by atoms with E-state index in [1.807, 2.05) is 44.4 Å². The second-order valence-electron chi connectivity index (χ2n) is 6.47. The van der Waals surface area contributed by atoms with Crippen LogP contribution in [0.4, 0.5) is 0 Å². The van der Waals surface area contributed by atoms with Crippen LogP contribution in [-0.2, 0) is 17.9 Å². The second kappa shape index (κ2) is 8.58. The Morgan fingerprint density at radius 3 is 2.56 bits per heavy atom. The summed E-state index contributed by atoms with van der Waals surface area (Å²) in [7, 11) is 0. The van der Waals surface area contributed by atoms with Crippen molar-refractivity contribution >= 4 is 29.3 Å². The van der Waals surface area contributed by atoms with E-state index < -0.39 is 0 Å². The molecule has 0 bridgehead atoms. The normalized spacial score (nSPS) is 11.4. The van der Waals surface area contributed by atoms with Gasteiger partial charge in [-0.05, 0) is 52.0 Å². The minimum Gasteiger partial charge on any atom is -0.486 e. The Morgan fingerprint density at radius 2 is 1.96 bits per heavy atom. The average molecular weight is 383 g/mol. The number of thioether (sulfide) groups is 1. The molecule has 1 heterocycles. The fourth-order valence-electron chi connectivity index (χ4n) is 2.11. The summed E-state index contributed by atoms with van der Waals surface area (Å²) in [5.41, 5.74) is -0.242. The van der Waals surface area contributed by atoms with Crippen LogP contribution in [0.1, 0.15) is 33.5 Å². The maximum Gasteiger partial charge on any atom is 0.230 e. The van der Waals surface area contributed by atoms with E-state index in [0.29, 0.717) is 34.8 Å². The standard InChI is InChI=1S/C17H23ClN4O2S/c1-5-22-14(10-24-13-8-6-12(18)7-9-13)20-21-16(22)25-11-15(23)19-17(2,3)4/h6-9H,5,10-11H2,1-4H3,(H,19,23). The maximum absolute atomic E-state index is 12.0. The smallest absolute Gasteiger partial charge is 0.230 e. The van der Waals surface area contributed by atoms with Crippen LogP contribution >= 0.6 is 23.4 Å². The van der Waals surface area contributed by atoms with E-state index in [2.05, 4.69) is 15.5 Å². The van der Waals surface area contributed by atoms with E-state index in [1.165, 1.54) is 11.8 Å². The van der Waals surface area contributed by atoms with Gasteiger partial charge >= 0.3 is 0 Å². The van der Waals surface area contributed by atoms with Gasteiger partial charge in [0.05, 0.1) is 5.75 Å². The SMILES string of the molecule is CCn1c(COc2ccc(Cl)cc2)nnc1SCC(=O)NC(C)(C)C. The summed E-state index contributed by atoms with van der Waals surface area (Å²) in [6, 6.07) is 7.16. The van der Waals surface area contributed by atoms with Gasteiger partial charge in [0, 0.05) is 17.1 Å². The predicted octanol–water partition coefficient (Wildman–Crippen LogP) is 3.54. The minimum absolute atomic E-state index is 0.0258. The molecule has 0 fully saturated rings. The van der Waals surface area contributed by atoms with Crippen LogP contribution < -0.4 is 10.1 Å². The fourth-order valence-corrected chi connectivity index (χ4v) is 3.06. The largest absolute Gasteiger partial charge is 0.486 e. The molecule has 1 aromatic heterocycles. The van der Waals surface area contributed by atoms with E-state index in [1.54, 1.807) is 12.1 Å². The molecule has 1 aromatic carbocycles. The molecule has 1 N–H and O–H groups in total. The molecule has 2 aromatic rings. The quantitative estimate of drug-likeness (QED) is 0.742. The first kappa shape index (κ1) is 19.6. The predicted molar refractivity (Wildman–Crippen MR) is 100 cm³/mol. The van der Waals surface area contributed by atoms with Crippen LogP contribution in [-0.4, -0.2) is 32.0 Å². The second-order valence-corrected chi connectivity index (χ2v) is 7.85. The van der Waals surface area contributed by atoms with E-state index in [-0.39, 0.29) is 11.4 Å². The number of carbonyl (C=O) groups excluding carboxylic acids is 1. The summed E-state index contributed by atoms with van der Waals surface area (Å²) < 4.78 is 7.67. The molecule has 8 heteroatoms. The van der Waals surface area contributed by atoms with Crippen LogP contribution in [0.25, 0.3) is 0 Å². The summed E-state index contributed by atoms with van der Waals surface area (Å²) in [5.74, 6) is 1.71. The van der Waals surface area contributed by atoms with E-state index >= 15 is 0 Å². The van der Waals surface area contributed by atoms with Gasteiger partial charge in [0.25, 0.3) is 0 Å². The van der Waals surface area contributed by atoms with Crippen molar-refractivity contribution in [2.45, 2.75) is 51.5 Å². The molecule has 0 saturated heterocycles. The molecule has 0 aliphatic heterocycles. The summed E-state index contributed by atoms with van der Waals surface area (Å²) in [6.45, 7) is 8.88. The highest BCUT2D eigenvalue weighted by atomic mass is 35.5. The molecule has 2 rings (SSSR count). The number of hydrogen-bond donors (Lipinski definition) is 1. The Bertz CT molecular complexity index is 710. The van der Waals surface area contributed by atoms with Gasteiger partial charge in [0.15, 0.2) is 11.0 Å². The van der Waals surface area contributed by atoms with Gasteiger partial charge < -0.3 is 14.6 Å². The summed E-state index contributed by atoms with van der Waals surface area (Å²) >= 11 is 7.23. The van der Waals surface area contributed by atoms with Gasteiger partial charge in [0.1, 0.15) is 12.4 Å². The first-order valence-corrected chi connectivity index (χ1v) is 9.39. The van der Waals surface area contributed by atoms with Gasteiger partial charge in [-0.15, -0.1) is 10.2 Å². The molecular weight excluding hydrogens is 360 g/mol. The molecular formula is C17H23ClN4O2S. The van der Waals surface area contributed by atoms with Crippen LogP contribution in [0.3, 0.4) is 0 Å². The molecule has 136 valence electrons. The molecule has 25 heavy (non-hydrogen) atoms. The Kier molecular flexibility index (Phi) is 6.72. The molecule has 0 spiro atoms. The molecule has 0 atom stereocenters. The maximum atomic E-state index is 12.0. The Morgan fingerprint density at radius 1 is 1.28 bits per heavy atom. The van der Waals surface area contributed by atoms with Crippen molar-refractivity contribution in [3.05, 3.63) is 35.1 Å². The van der Waals surface area contributed by atoms with Gasteiger partial charge in [-0.25, -0.2) is 0 Å². The van der Waals surface area contributed by atoms with Crippen molar-refractivity contribution < 1.29 is 9.53 Å². The van der Waals surface area contributed by atoms with Gasteiger partial charge in [0.2, 0.25) is 5.91 Å². The van der Waals surface area contributed by atoms with Crippen LogP contribution in [0, 0.1) is 0 Å².